The predicted molar refractivity (Wildman–Crippen MR) is 48.4 cm³/mol. The molecule has 2 fully saturated rings. The molecule has 0 unspecified atom stereocenters. The molecular weight excluding hydrogens is 168 g/mol. The van der Waals surface area contributed by atoms with E-state index >= 15 is 0 Å². The minimum atomic E-state index is 0.131. The Labute approximate surface area is 78.2 Å². The zero-order valence-corrected chi connectivity index (χ0v) is 8.01. The SMILES string of the molecule is COCC(=O)N1CCC2(CNC2)C1. The maximum absolute atomic E-state index is 11.5. The first-order valence-electron chi connectivity index (χ1n) is 4.73. The standard InChI is InChI=1S/C9H16N2O2/c1-13-4-8(12)11-3-2-9(7-11)5-10-6-9/h10H,2-7H2,1H3. The highest BCUT2D eigenvalue weighted by Crippen LogP contribution is 2.33. The van der Waals surface area contributed by atoms with Crippen molar-refractivity contribution in [3.8, 4) is 0 Å². The van der Waals surface area contributed by atoms with E-state index in [4.69, 9.17) is 4.74 Å². The van der Waals surface area contributed by atoms with E-state index in [0.29, 0.717) is 5.41 Å². The smallest absolute Gasteiger partial charge is 0.248 e. The van der Waals surface area contributed by atoms with Gasteiger partial charge in [-0.05, 0) is 6.42 Å². The number of ether oxygens (including phenoxy) is 1. The van der Waals surface area contributed by atoms with E-state index < -0.39 is 0 Å². The van der Waals surface area contributed by atoms with Gasteiger partial charge in [0.15, 0.2) is 0 Å². The van der Waals surface area contributed by atoms with Gasteiger partial charge in [-0.3, -0.25) is 4.79 Å². The fourth-order valence-corrected chi connectivity index (χ4v) is 2.13. The molecule has 2 saturated heterocycles. The lowest BCUT2D eigenvalue weighted by atomic mass is 9.81. The molecule has 0 saturated carbocycles. The lowest BCUT2D eigenvalue weighted by molar-refractivity contribution is -0.134. The molecule has 0 atom stereocenters. The molecule has 2 aliphatic heterocycles. The monoisotopic (exact) mass is 184 g/mol. The number of amides is 1. The summed E-state index contributed by atoms with van der Waals surface area (Å²) in [6.07, 6.45) is 1.15. The maximum Gasteiger partial charge on any atom is 0.248 e. The van der Waals surface area contributed by atoms with Crippen LogP contribution in [0.25, 0.3) is 0 Å². The average Bonchev–Trinajstić information content (AvgIpc) is 2.47. The quantitative estimate of drug-likeness (QED) is 0.626. The zero-order chi connectivity index (χ0) is 9.31. The number of methoxy groups -OCH3 is 1. The van der Waals surface area contributed by atoms with Gasteiger partial charge in [0.1, 0.15) is 6.61 Å². The van der Waals surface area contributed by atoms with Gasteiger partial charge in [-0.1, -0.05) is 0 Å². The van der Waals surface area contributed by atoms with Crippen LogP contribution in [-0.4, -0.2) is 50.7 Å². The van der Waals surface area contributed by atoms with Gasteiger partial charge in [0.05, 0.1) is 0 Å². The molecule has 0 aromatic heterocycles. The van der Waals surface area contributed by atoms with E-state index in [9.17, 15) is 4.79 Å². The second-order valence-corrected chi connectivity index (χ2v) is 4.10. The van der Waals surface area contributed by atoms with Gasteiger partial charge in [0.25, 0.3) is 0 Å². The first kappa shape index (κ1) is 8.97. The summed E-state index contributed by atoms with van der Waals surface area (Å²) in [6, 6.07) is 0. The Morgan fingerprint density at radius 1 is 1.62 bits per heavy atom. The van der Waals surface area contributed by atoms with Crippen molar-refractivity contribution in [2.75, 3.05) is 39.9 Å². The van der Waals surface area contributed by atoms with Crippen molar-refractivity contribution in [3.05, 3.63) is 0 Å². The van der Waals surface area contributed by atoms with Gasteiger partial charge < -0.3 is 15.0 Å². The van der Waals surface area contributed by atoms with Gasteiger partial charge in [-0.2, -0.15) is 0 Å². The summed E-state index contributed by atoms with van der Waals surface area (Å²) in [5.41, 5.74) is 0.406. The van der Waals surface area contributed by atoms with E-state index in [-0.39, 0.29) is 12.5 Å². The number of nitrogens with one attached hydrogen (secondary N) is 1. The second-order valence-electron chi connectivity index (χ2n) is 4.10. The molecule has 0 aromatic carbocycles. The average molecular weight is 184 g/mol. The number of carbonyl (C=O) groups is 1. The number of likely N-dealkylation sites (tertiary alicyclic amines) is 1. The van der Waals surface area contributed by atoms with E-state index in [1.165, 1.54) is 0 Å². The molecule has 2 aliphatic rings. The summed E-state index contributed by atoms with van der Waals surface area (Å²) in [7, 11) is 1.56. The number of hydrogen-bond acceptors (Lipinski definition) is 3. The molecule has 0 aliphatic carbocycles. The molecule has 74 valence electrons. The number of carbonyl (C=O) groups excluding carboxylic acids is 1. The van der Waals surface area contributed by atoms with Crippen LogP contribution in [0, 0.1) is 5.41 Å². The van der Waals surface area contributed by atoms with Crippen molar-refractivity contribution in [3.63, 3.8) is 0 Å². The Balaban J connectivity index is 1.87. The minimum absolute atomic E-state index is 0.131. The zero-order valence-electron chi connectivity index (χ0n) is 8.01. The van der Waals surface area contributed by atoms with Crippen LogP contribution in [0.1, 0.15) is 6.42 Å². The second kappa shape index (κ2) is 3.27. The lowest BCUT2D eigenvalue weighted by Crippen LogP contribution is -2.55. The van der Waals surface area contributed by atoms with Gasteiger partial charge in [0.2, 0.25) is 5.91 Å². The molecule has 1 spiro atoms. The Morgan fingerprint density at radius 2 is 2.38 bits per heavy atom. The molecule has 4 heteroatoms. The lowest BCUT2D eigenvalue weighted by Gasteiger charge is -2.38. The largest absolute Gasteiger partial charge is 0.375 e. The van der Waals surface area contributed by atoms with Crippen molar-refractivity contribution in [1.82, 2.24) is 10.2 Å². The summed E-state index contributed by atoms with van der Waals surface area (Å²) in [5.74, 6) is 0.131. The first-order chi connectivity index (χ1) is 6.26. The third-order valence-corrected chi connectivity index (χ3v) is 3.06. The van der Waals surface area contributed by atoms with Crippen LogP contribution >= 0.6 is 0 Å². The molecule has 0 bridgehead atoms. The Morgan fingerprint density at radius 3 is 2.85 bits per heavy atom. The topological polar surface area (TPSA) is 41.6 Å². The van der Waals surface area contributed by atoms with Crippen LogP contribution in [0.2, 0.25) is 0 Å². The summed E-state index contributed by atoms with van der Waals surface area (Å²) >= 11 is 0. The van der Waals surface area contributed by atoms with E-state index in [1.54, 1.807) is 7.11 Å². The molecule has 2 rings (SSSR count). The summed E-state index contributed by atoms with van der Waals surface area (Å²) < 4.78 is 4.83. The molecular formula is C9H16N2O2. The summed E-state index contributed by atoms with van der Waals surface area (Å²) in [4.78, 5) is 13.4. The van der Waals surface area contributed by atoms with Gasteiger partial charge >= 0.3 is 0 Å². The molecule has 0 aromatic rings. The highest BCUT2D eigenvalue weighted by Gasteiger charge is 2.44. The molecule has 1 N–H and O–H groups in total. The van der Waals surface area contributed by atoms with Crippen LogP contribution < -0.4 is 5.32 Å². The number of nitrogens with zero attached hydrogens (tertiary/aromatic N) is 1. The van der Waals surface area contributed by atoms with Crippen LogP contribution in [-0.2, 0) is 9.53 Å². The van der Waals surface area contributed by atoms with Crippen molar-refractivity contribution >= 4 is 5.91 Å². The summed E-state index contributed by atoms with van der Waals surface area (Å²) in [6.45, 7) is 4.20. The van der Waals surface area contributed by atoms with Crippen molar-refractivity contribution in [1.29, 1.82) is 0 Å². The van der Waals surface area contributed by atoms with Crippen LogP contribution in [0.5, 0.6) is 0 Å². The van der Waals surface area contributed by atoms with E-state index in [1.807, 2.05) is 4.90 Å². The van der Waals surface area contributed by atoms with Crippen LogP contribution in [0.4, 0.5) is 0 Å². The highest BCUT2D eigenvalue weighted by molar-refractivity contribution is 5.77. The molecule has 2 heterocycles. The van der Waals surface area contributed by atoms with E-state index in [2.05, 4.69) is 5.32 Å². The van der Waals surface area contributed by atoms with Crippen LogP contribution in [0.3, 0.4) is 0 Å². The molecule has 1 amide bonds. The highest BCUT2D eigenvalue weighted by atomic mass is 16.5. The third kappa shape index (κ3) is 1.56. The molecule has 13 heavy (non-hydrogen) atoms. The van der Waals surface area contributed by atoms with Crippen molar-refractivity contribution in [2.45, 2.75) is 6.42 Å². The fraction of sp³-hybridized carbons (Fsp3) is 0.889. The molecule has 4 nitrogen and oxygen atoms in total. The third-order valence-electron chi connectivity index (χ3n) is 3.06. The molecule has 0 radical (unpaired) electrons. The fourth-order valence-electron chi connectivity index (χ4n) is 2.13. The van der Waals surface area contributed by atoms with E-state index in [0.717, 1.165) is 32.6 Å². The maximum atomic E-state index is 11.5. The van der Waals surface area contributed by atoms with Crippen LogP contribution in [0.15, 0.2) is 0 Å². The van der Waals surface area contributed by atoms with Crippen molar-refractivity contribution in [2.24, 2.45) is 5.41 Å². The normalized spacial score (nSPS) is 24.8. The van der Waals surface area contributed by atoms with Gasteiger partial charge in [-0.15, -0.1) is 0 Å². The first-order valence-corrected chi connectivity index (χ1v) is 4.73. The number of rotatable bonds is 2. The Hall–Kier alpha value is -0.610. The number of hydrogen-bond donors (Lipinski definition) is 1. The predicted octanol–water partition coefficient (Wildman–Crippen LogP) is -0.545. The van der Waals surface area contributed by atoms with Gasteiger partial charge in [-0.25, -0.2) is 0 Å². The summed E-state index contributed by atoms with van der Waals surface area (Å²) in [5, 5.41) is 3.27. The Kier molecular flexibility index (Phi) is 2.26. The minimum Gasteiger partial charge on any atom is -0.375 e. The van der Waals surface area contributed by atoms with Gasteiger partial charge in [0, 0.05) is 38.7 Å². The Bertz CT molecular complexity index is 214. The van der Waals surface area contributed by atoms with Crippen molar-refractivity contribution < 1.29 is 9.53 Å².